The normalized spacial score (nSPS) is 12.1. The molecule has 2 aromatic rings. The van der Waals surface area contributed by atoms with Crippen LogP contribution in [0.2, 0.25) is 5.02 Å². The summed E-state index contributed by atoms with van der Waals surface area (Å²) in [7, 11) is 0. The molecule has 0 aromatic heterocycles. The van der Waals surface area contributed by atoms with E-state index in [2.05, 4.69) is 37.4 Å². The summed E-state index contributed by atoms with van der Waals surface area (Å²) in [5, 5.41) is 13.2. The van der Waals surface area contributed by atoms with E-state index in [0.29, 0.717) is 11.5 Å². The van der Waals surface area contributed by atoms with Crippen molar-refractivity contribution in [1.29, 1.82) is 5.26 Å². The van der Waals surface area contributed by atoms with Crippen molar-refractivity contribution in [3.63, 3.8) is 0 Å². The van der Waals surface area contributed by atoms with Crippen molar-refractivity contribution in [2.45, 2.75) is 26.4 Å². The highest BCUT2D eigenvalue weighted by Gasteiger charge is 2.15. The summed E-state index contributed by atoms with van der Waals surface area (Å²) in [5.41, 5.74) is 3.11. The standard InChI is InChI=1S/C18H19ClN2/c1-13(2)18(16-7-9-17(19)10-8-16)21-12-15-5-3-14(11-20)4-6-15/h3-10,13,18,21H,12H2,1-2H3. The van der Waals surface area contributed by atoms with Crippen molar-refractivity contribution in [2.24, 2.45) is 5.92 Å². The lowest BCUT2D eigenvalue weighted by Crippen LogP contribution is -2.25. The fourth-order valence-corrected chi connectivity index (χ4v) is 2.46. The van der Waals surface area contributed by atoms with E-state index < -0.39 is 0 Å². The predicted molar refractivity (Wildman–Crippen MR) is 87.0 cm³/mol. The van der Waals surface area contributed by atoms with Crippen LogP contribution < -0.4 is 5.32 Å². The van der Waals surface area contributed by atoms with Gasteiger partial charge < -0.3 is 5.32 Å². The quantitative estimate of drug-likeness (QED) is 0.868. The van der Waals surface area contributed by atoms with Gasteiger partial charge in [0.2, 0.25) is 0 Å². The molecular weight excluding hydrogens is 280 g/mol. The molecule has 0 aliphatic heterocycles. The Hall–Kier alpha value is -1.82. The average molecular weight is 299 g/mol. The van der Waals surface area contributed by atoms with Crippen molar-refractivity contribution in [2.75, 3.05) is 0 Å². The first kappa shape index (κ1) is 15.6. The van der Waals surface area contributed by atoms with Crippen molar-refractivity contribution < 1.29 is 0 Å². The number of nitrogens with zero attached hydrogens (tertiary/aromatic N) is 1. The van der Waals surface area contributed by atoms with Gasteiger partial charge >= 0.3 is 0 Å². The van der Waals surface area contributed by atoms with Crippen LogP contribution in [0.15, 0.2) is 48.5 Å². The molecule has 2 nitrogen and oxygen atoms in total. The SMILES string of the molecule is CC(C)C(NCc1ccc(C#N)cc1)c1ccc(Cl)cc1. The molecule has 2 rings (SSSR count). The molecule has 3 heteroatoms. The summed E-state index contributed by atoms with van der Waals surface area (Å²) >= 11 is 5.95. The molecule has 1 atom stereocenters. The van der Waals surface area contributed by atoms with E-state index in [4.69, 9.17) is 16.9 Å². The summed E-state index contributed by atoms with van der Waals surface area (Å²) in [6.45, 7) is 5.17. The maximum Gasteiger partial charge on any atom is 0.0991 e. The molecule has 0 aliphatic rings. The highest BCUT2D eigenvalue weighted by Crippen LogP contribution is 2.23. The number of hydrogen-bond donors (Lipinski definition) is 1. The van der Waals surface area contributed by atoms with Crippen LogP contribution in [0.4, 0.5) is 0 Å². The fourth-order valence-electron chi connectivity index (χ4n) is 2.33. The summed E-state index contributed by atoms with van der Waals surface area (Å²) in [5.74, 6) is 0.476. The van der Waals surface area contributed by atoms with Gasteiger partial charge in [-0.3, -0.25) is 0 Å². The molecule has 0 saturated carbocycles. The lowest BCUT2D eigenvalue weighted by atomic mass is 9.96. The number of hydrogen-bond acceptors (Lipinski definition) is 2. The van der Waals surface area contributed by atoms with E-state index in [-0.39, 0.29) is 6.04 Å². The summed E-state index contributed by atoms with van der Waals surface area (Å²) in [6.07, 6.45) is 0. The maximum atomic E-state index is 8.81. The zero-order valence-corrected chi connectivity index (χ0v) is 13.1. The third-order valence-electron chi connectivity index (χ3n) is 3.50. The second-order valence-electron chi connectivity index (χ2n) is 5.46. The topological polar surface area (TPSA) is 35.8 Å². The van der Waals surface area contributed by atoms with Crippen LogP contribution in [0.5, 0.6) is 0 Å². The third-order valence-corrected chi connectivity index (χ3v) is 3.76. The van der Waals surface area contributed by atoms with Crippen molar-refractivity contribution >= 4 is 11.6 Å². The van der Waals surface area contributed by atoms with Crippen molar-refractivity contribution in [3.05, 3.63) is 70.2 Å². The molecule has 0 spiro atoms. The first-order valence-corrected chi connectivity index (χ1v) is 7.46. The second kappa shape index (κ2) is 7.26. The van der Waals surface area contributed by atoms with Gasteiger partial charge in [0.1, 0.15) is 0 Å². The molecule has 21 heavy (non-hydrogen) atoms. The Morgan fingerprint density at radius 2 is 1.67 bits per heavy atom. The second-order valence-corrected chi connectivity index (χ2v) is 5.90. The molecule has 0 radical (unpaired) electrons. The lowest BCUT2D eigenvalue weighted by Gasteiger charge is -2.23. The first-order valence-electron chi connectivity index (χ1n) is 7.08. The van der Waals surface area contributed by atoms with Crippen LogP contribution >= 0.6 is 11.6 Å². The number of rotatable bonds is 5. The minimum Gasteiger partial charge on any atom is -0.306 e. The van der Waals surface area contributed by atoms with Gasteiger partial charge in [0.25, 0.3) is 0 Å². The Morgan fingerprint density at radius 3 is 2.19 bits per heavy atom. The monoisotopic (exact) mass is 298 g/mol. The summed E-state index contributed by atoms with van der Waals surface area (Å²) < 4.78 is 0. The molecule has 0 fully saturated rings. The summed E-state index contributed by atoms with van der Waals surface area (Å²) in [4.78, 5) is 0. The molecule has 0 heterocycles. The Bertz CT molecular complexity index is 609. The van der Waals surface area contributed by atoms with E-state index >= 15 is 0 Å². The molecule has 0 amide bonds. The molecule has 0 bridgehead atoms. The number of nitrogens with one attached hydrogen (secondary N) is 1. The average Bonchev–Trinajstić information content (AvgIpc) is 2.49. The first-order chi connectivity index (χ1) is 10.1. The lowest BCUT2D eigenvalue weighted by molar-refractivity contribution is 0.410. The van der Waals surface area contributed by atoms with Gasteiger partial charge in [-0.1, -0.05) is 49.7 Å². The Balaban J connectivity index is 2.06. The van der Waals surface area contributed by atoms with Crippen molar-refractivity contribution in [3.8, 4) is 6.07 Å². The molecule has 0 aliphatic carbocycles. The largest absolute Gasteiger partial charge is 0.306 e. The molecule has 1 N–H and O–H groups in total. The molecular formula is C18H19ClN2. The Kier molecular flexibility index (Phi) is 5.38. The highest BCUT2D eigenvalue weighted by molar-refractivity contribution is 6.30. The van der Waals surface area contributed by atoms with Gasteiger partial charge in [0.15, 0.2) is 0 Å². The zero-order valence-electron chi connectivity index (χ0n) is 12.3. The van der Waals surface area contributed by atoms with E-state index in [1.807, 2.05) is 36.4 Å². The van der Waals surface area contributed by atoms with Crippen LogP contribution in [0.3, 0.4) is 0 Å². The van der Waals surface area contributed by atoms with Gasteiger partial charge in [-0.25, -0.2) is 0 Å². The number of nitriles is 1. The van der Waals surface area contributed by atoms with Crippen molar-refractivity contribution in [1.82, 2.24) is 5.32 Å². The zero-order chi connectivity index (χ0) is 15.2. The molecule has 108 valence electrons. The number of halogens is 1. The highest BCUT2D eigenvalue weighted by atomic mass is 35.5. The van der Waals surface area contributed by atoms with E-state index in [1.54, 1.807) is 0 Å². The molecule has 0 saturated heterocycles. The fraction of sp³-hybridized carbons (Fsp3) is 0.278. The van der Waals surface area contributed by atoms with Gasteiger partial charge in [0, 0.05) is 17.6 Å². The van der Waals surface area contributed by atoms with Crippen LogP contribution in [0.25, 0.3) is 0 Å². The summed E-state index contributed by atoms with van der Waals surface area (Å²) in [6, 6.07) is 18.1. The van der Waals surface area contributed by atoms with E-state index in [0.717, 1.165) is 11.6 Å². The third kappa shape index (κ3) is 4.32. The van der Waals surface area contributed by atoms with Gasteiger partial charge in [-0.15, -0.1) is 0 Å². The van der Waals surface area contributed by atoms with E-state index in [1.165, 1.54) is 11.1 Å². The van der Waals surface area contributed by atoms with Gasteiger partial charge in [0.05, 0.1) is 11.6 Å². The van der Waals surface area contributed by atoms with Crippen LogP contribution in [0, 0.1) is 17.2 Å². The molecule has 1 unspecified atom stereocenters. The maximum absolute atomic E-state index is 8.81. The van der Waals surface area contributed by atoms with Gasteiger partial charge in [-0.05, 0) is 41.3 Å². The van der Waals surface area contributed by atoms with E-state index in [9.17, 15) is 0 Å². The van der Waals surface area contributed by atoms with Gasteiger partial charge in [-0.2, -0.15) is 5.26 Å². The Labute approximate surface area is 131 Å². The number of benzene rings is 2. The minimum atomic E-state index is 0.276. The minimum absolute atomic E-state index is 0.276. The smallest absolute Gasteiger partial charge is 0.0991 e. The van der Waals surface area contributed by atoms with Crippen LogP contribution in [-0.4, -0.2) is 0 Å². The van der Waals surface area contributed by atoms with Crippen LogP contribution in [0.1, 0.15) is 36.6 Å². The predicted octanol–water partition coefficient (Wildman–Crippen LogP) is 4.70. The Morgan fingerprint density at radius 1 is 1.05 bits per heavy atom. The van der Waals surface area contributed by atoms with Crippen LogP contribution in [-0.2, 0) is 6.54 Å². The molecule has 2 aromatic carbocycles.